The Bertz CT molecular complexity index is 1470. The molecule has 1 unspecified atom stereocenters. The summed E-state index contributed by atoms with van der Waals surface area (Å²) in [6, 6.07) is 21.9. The van der Waals surface area contributed by atoms with Gasteiger partial charge in [0.25, 0.3) is 0 Å². The van der Waals surface area contributed by atoms with E-state index in [2.05, 4.69) is 31.3 Å². The van der Waals surface area contributed by atoms with Gasteiger partial charge in [0.2, 0.25) is 11.1 Å². The molecule has 1 aromatic heterocycles. The Morgan fingerprint density at radius 3 is 2.54 bits per heavy atom. The molecule has 0 aliphatic carbocycles. The summed E-state index contributed by atoms with van der Waals surface area (Å²) in [7, 11) is 0. The van der Waals surface area contributed by atoms with Crippen LogP contribution in [0.4, 0.5) is 10.3 Å². The third kappa shape index (κ3) is 5.62. The minimum atomic E-state index is -0.440. The van der Waals surface area contributed by atoms with Crippen LogP contribution in [-0.2, 0) is 17.2 Å². The lowest BCUT2D eigenvalue weighted by Crippen LogP contribution is -2.27. The highest BCUT2D eigenvalue weighted by Crippen LogP contribution is 2.37. The maximum absolute atomic E-state index is 14.1. The van der Waals surface area contributed by atoms with Crippen LogP contribution >= 0.6 is 27.7 Å². The minimum Gasteiger partial charge on any atom is -0.489 e. The molecular formula is C28H24BrFN4O2S. The summed E-state index contributed by atoms with van der Waals surface area (Å²) < 4.78 is 22.8. The lowest BCUT2D eigenvalue weighted by molar-refractivity contribution is -0.114. The average molecular weight is 579 g/mol. The first-order chi connectivity index (χ1) is 17.9. The van der Waals surface area contributed by atoms with Crippen LogP contribution in [0.15, 0.2) is 93.7 Å². The molecule has 0 spiro atoms. The molecule has 37 heavy (non-hydrogen) atoms. The molecule has 0 bridgehead atoms. The lowest BCUT2D eigenvalue weighted by atomic mass is 9.93. The van der Waals surface area contributed by atoms with E-state index in [1.165, 1.54) is 17.8 Å². The molecule has 1 aliphatic rings. The topological polar surface area (TPSA) is 69.0 Å². The van der Waals surface area contributed by atoms with E-state index in [4.69, 9.17) is 4.74 Å². The number of nitrogens with one attached hydrogen (secondary N) is 1. The molecule has 0 amide bonds. The molecule has 188 valence electrons. The first kappa shape index (κ1) is 25.2. The Morgan fingerprint density at radius 2 is 1.84 bits per heavy atom. The SMILES string of the molecule is CC(=O)C1=C(C)Nc2nc(SCc3ccccc3F)nn2C1c1ccc(OCc2ccc(Br)cc2)cc1. The van der Waals surface area contributed by atoms with E-state index in [0.29, 0.717) is 34.6 Å². The maximum atomic E-state index is 14.1. The fourth-order valence-corrected chi connectivity index (χ4v) is 5.29. The van der Waals surface area contributed by atoms with Crippen molar-refractivity contribution in [2.24, 2.45) is 0 Å². The molecule has 0 saturated carbocycles. The van der Waals surface area contributed by atoms with Gasteiger partial charge in [-0.2, -0.15) is 4.98 Å². The highest BCUT2D eigenvalue weighted by atomic mass is 79.9. The summed E-state index contributed by atoms with van der Waals surface area (Å²) in [6.07, 6.45) is 0. The lowest BCUT2D eigenvalue weighted by Gasteiger charge is -2.28. The number of carbonyl (C=O) groups is 1. The third-order valence-electron chi connectivity index (χ3n) is 6.04. The van der Waals surface area contributed by atoms with Crippen LogP contribution in [0.3, 0.4) is 0 Å². The van der Waals surface area contributed by atoms with Gasteiger partial charge in [0.05, 0.1) is 0 Å². The van der Waals surface area contributed by atoms with Gasteiger partial charge in [0.15, 0.2) is 5.78 Å². The maximum Gasteiger partial charge on any atom is 0.227 e. The number of rotatable bonds is 8. The fourth-order valence-electron chi connectivity index (χ4n) is 4.21. The zero-order chi connectivity index (χ0) is 25.9. The number of thioether (sulfide) groups is 1. The van der Waals surface area contributed by atoms with Crippen molar-refractivity contribution >= 4 is 39.4 Å². The standard InChI is InChI=1S/C28H24BrFN4O2S/c1-17-25(18(2)35)26(20-9-13-23(14-10-20)36-15-19-7-11-22(29)12-8-19)34-27(31-17)32-28(33-34)37-16-21-5-3-4-6-24(21)30/h3-14,26H,15-16H2,1-2H3,(H,31,32,33). The molecule has 1 atom stereocenters. The predicted molar refractivity (Wildman–Crippen MR) is 146 cm³/mol. The van der Waals surface area contributed by atoms with E-state index >= 15 is 0 Å². The first-order valence-electron chi connectivity index (χ1n) is 11.7. The van der Waals surface area contributed by atoms with Crippen LogP contribution in [0, 0.1) is 5.82 Å². The van der Waals surface area contributed by atoms with Crippen molar-refractivity contribution in [1.29, 1.82) is 0 Å². The van der Waals surface area contributed by atoms with E-state index in [1.807, 2.05) is 55.5 Å². The molecule has 1 aliphatic heterocycles. The third-order valence-corrected chi connectivity index (χ3v) is 7.46. The van der Waals surface area contributed by atoms with Crippen LogP contribution in [0.1, 0.15) is 36.6 Å². The van der Waals surface area contributed by atoms with Crippen molar-refractivity contribution < 1.29 is 13.9 Å². The second-order valence-electron chi connectivity index (χ2n) is 8.65. The minimum absolute atomic E-state index is 0.0488. The molecular weight excluding hydrogens is 555 g/mol. The van der Waals surface area contributed by atoms with E-state index in [0.717, 1.165) is 27.0 Å². The number of allylic oxidation sites excluding steroid dienone is 2. The summed E-state index contributed by atoms with van der Waals surface area (Å²) in [5.74, 6) is 1.36. The van der Waals surface area contributed by atoms with Gasteiger partial charge in [0, 0.05) is 21.5 Å². The number of hydrogen-bond acceptors (Lipinski definition) is 6. The molecule has 0 radical (unpaired) electrons. The van der Waals surface area contributed by atoms with Crippen LogP contribution < -0.4 is 10.1 Å². The second-order valence-corrected chi connectivity index (χ2v) is 10.5. The number of aromatic nitrogens is 3. The molecule has 4 aromatic rings. The Balaban J connectivity index is 1.38. The van der Waals surface area contributed by atoms with Gasteiger partial charge >= 0.3 is 0 Å². The Labute approximate surface area is 227 Å². The molecule has 1 N–H and O–H groups in total. The molecule has 0 saturated heterocycles. The number of ketones is 1. The van der Waals surface area contributed by atoms with Crippen LogP contribution in [0.2, 0.25) is 0 Å². The number of anilines is 1. The highest BCUT2D eigenvalue weighted by Gasteiger charge is 2.32. The van der Waals surface area contributed by atoms with Gasteiger partial charge in [-0.3, -0.25) is 4.79 Å². The molecule has 0 fully saturated rings. The largest absolute Gasteiger partial charge is 0.489 e. The molecule has 3 aromatic carbocycles. The van der Waals surface area contributed by atoms with Crippen molar-refractivity contribution in [2.75, 3.05) is 5.32 Å². The summed E-state index contributed by atoms with van der Waals surface area (Å²) in [5, 5.41) is 8.40. The van der Waals surface area contributed by atoms with Crippen LogP contribution in [0.5, 0.6) is 5.75 Å². The predicted octanol–water partition coefficient (Wildman–Crippen LogP) is 6.93. The van der Waals surface area contributed by atoms with Crippen LogP contribution in [0.25, 0.3) is 0 Å². The molecule has 6 nitrogen and oxygen atoms in total. The van der Waals surface area contributed by atoms with Gasteiger partial charge in [-0.15, -0.1) is 5.10 Å². The number of halogens is 2. The van der Waals surface area contributed by atoms with E-state index in [1.54, 1.807) is 29.8 Å². The summed E-state index contributed by atoms with van der Waals surface area (Å²) in [4.78, 5) is 17.3. The average Bonchev–Trinajstić information content (AvgIpc) is 3.29. The fraction of sp³-hybridized carbons (Fsp3) is 0.179. The summed E-state index contributed by atoms with van der Waals surface area (Å²) in [6.45, 7) is 3.87. The van der Waals surface area contributed by atoms with Gasteiger partial charge in [0.1, 0.15) is 24.2 Å². The zero-order valence-electron chi connectivity index (χ0n) is 20.2. The number of carbonyl (C=O) groups excluding carboxylic acids is 1. The van der Waals surface area contributed by atoms with Crippen molar-refractivity contribution in [1.82, 2.24) is 14.8 Å². The molecule has 9 heteroatoms. The van der Waals surface area contributed by atoms with Crippen molar-refractivity contribution in [3.05, 3.63) is 111 Å². The second kappa shape index (κ2) is 10.9. The summed E-state index contributed by atoms with van der Waals surface area (Å²) in [5.41, 5.74) is 3.89. The van der Waals surface area contributed by atoms with Gasteiger partial charge in [-0.25, -0.2) is 9.07 Å². The van der Waals surface area contributed by atoms with E-state index < -0.39 is 6.04 Å². The van der Waals surface area contributed by atoms with Crippen molar-refractivity contribution in [3.63, 3.8) is 0 Å². The van der Waals surface area contributed by atoms with Gasteiger partial charge < -0.3 is 10.1 Å². The smallest absolute Gasteiger partial charge is 0.227 e. The Kier molecular flexibility index (Phi) is 7.43. The quantitative estimate of drug-likeness (QED) is 0.229. The number of ether oxygens (including phenoxy) is 1. The van der Waals surface area contributed by atoms with Crippen molar-refractivity contribution in [3.8, 4) is 5.75 Å². The number of nitrogens with zero attached hydrogens (tertiary/aromatic N) is 3. The van der Waals surface area contributed by atoms with E-state index in [9.17, 15) is 9.18 Å². The highest BCUT2D eigenvalue weighted by molar-refractivity contribution is 9.10. The first-order valence-corrected chi connectivity index (χ1v) is 13.5. The number of hydrogen-bond donors (Lipinski definition) is 1. The Morgan fingerprint density at radius 1 is 1.11 bits per heavy atom. The number of fused-ring (bicyclic) bond motifs is 1. The van der Waals surface area contributed by atoms with Gasteiger partial charge in [-0.1, -0.05) is 70.2 Å². The van der Waals surface area contributed by atoms with Crippen molar-refractivity contribution in [2.45, 2.75) is 37.4 Å². The monoisotopic (exact) mass is 578 g/mol. The molecule has 5 rings (SSSR count). The normalized spacial score (nSPS) is 14.8. The van der Waals surface area contributed by atoms with Gasteiger partial charge in [-0.05, 0) is 60.9 Å². The number of benzene rings is 3. The van der Waals surface area contributed by atoms with Crippen LogP contribution in [-0.4, -0.2) is 20.5 Å². The summed E-state index contributed by atoms with van der Waals surface area (Å²) >= 11 is 4.79. The zero-order valence-corrected chi connectivity index (χ0v) is 22.6. The van der Waals surface area contributed by atoms with E-state index in [-0.39, 0.29) is 11.6 Å². The Hall–Kier alpha value is -3.43. The number of Topliss-reactive ketones (excluding diaryl/α,β-unsaturated/α-hetero) is 1. The molecule has 2 heterocycles.